The number of hydrogen-bond acceptors (Lipinski definition) is 4. The molecule has 0 fully saturated rings. The molecule has 3 aromatic heterocycles. The molecule has 0 amide bonds. The molecule has 3 rings (SSSR count). The summed E-state index contributed by atoms with van der Waals surface area (Å²) in [6, 6.07) is 2.94. The van der Waals surface area contributed by atoms with Gasteiger partial charge in [0, 0.05) is 13.2 Å². The van der Waals surface area contributed by atoms with Crippen molar-refractivity contribution in [2.45, 2.75) is 13.3 Å². The lowest BCUT2D eigenvalue weighted by molar-refractivity contribution is 0.615. The van der Waals surface area contributed by atoms with Crippen LogP contribution in [0.1, 0.15) is 12.6 Å². The molecule has 0 aliphatic rings. The first kappa shape index (κ1) is 11.6. The van der Waals surface area contributed by atoms with Gasteiger partial charge in [-0.1, -0.05) is 6.92 Å². The molecule has 0 aliphatic heterocycles. The number of halogens is 1. The number of rotatable bonds is 3. The zero-order valence-corrected chi connectivity index (χ0v) is 10.6. The van der Waals surface area contributed by atoms with Crippen LogP contribution in [-0.4, -0.2) is 24.4 Å². The summed E-state index contributed by atoms with van der Waals surface area (Å²) in [5.41, 5.74) is 2.39. The van der Waals surface area contributed by atoms with Crippen molar-refractivity contribution in [3.05, 3.63) is 36.0 Å². The van der Waals surface area contributed by atoms with E-state index in [0.717, 1.165) is 17.8 Å². The highest BCUT2D eigenvalue weighted by Gasteiger charge is 2.09. The Morgan fingerprint density at radius 2 is 2.11 bits per heavy atom. The van der Waals surface area contributed by atoms with Gasteiger partial charge in [0.05, 0.1) is 17.6 Å². The molecule has 0 aromatic carbocycles. The quantitative estimate of drug-likeness (QED) is 0.781. The minimum absolute atomic E-state index is 0.348. The Hall–Kier alpha value is -2.44. The average Bonchev–Trinajstić information content (AvgIpc) is 2.92. The topological polar surface area (TPSA) is 60.0 Å². The summed E-state index contributed by atoms with van der Waals surface area (Å²) in [6.45, 7) is 2.03. The Bertz CT molecular complexity index is 729. The zero-order chi connectivity index (χ0) is 13.4. The van der Waals surface area contributed by atoms with Crippen molar-refractivity contribution in [3.63, 3.8) is 0 Å². The van der Waals surface area contributed by atoms with Gasteiger partial charge in [-0.3, -0.25) is 4.68 Å². The molecule has 3 heterocycles. The number of hydrogen-bond donors (Lipinski definition) is 1. The van der Waals surface area contributed by atoms with Crippen molar-refractivity contribution >= 4 is 17.3 Å². The van der Waals surface area contributed by atoms with Crippen LogP contribution in [-0.2, 0) is 13.5 Å². The first-order valence-electron chi connectivity index (χ1n) is 5.97. The molecule has 0 spiro atoms. The van der Waals surface area contributed by atoms with Crippen molar-refractivity contribution in [3.8, 4) is 0 Å². The molecule has 1 N–H and O–H groups in total. The Balaban J connectivity index is 1.96. The van der Waals surface area contributed by atoms with Crippen LogP contribution in [0.15, 0.2) is 24.5 Å². The van der Waals surface area contributed by atoms with Crippen LogP contribution in [0.2, 0.25) is 0 Å². The maximum Gasteiger partial charge on any atom is 0.247 e. The number of anilines is 2. The van der Waals surface area contributed by atoms with Gasteiger partial charge in [-0.2, -0.15) is 10.1 Å². The molecular formula is C12H13FN6. The normalized spacial score (nSPS) is 11.1. The Labute approximate surface area is 108 Å². The lowest BCUT2D eigenvalue weighted by Crippen LogP contribution is -1.95. The maximum atomic E-state index is 13.1. The highest BCUT2D eigenvalue weighted by molar-refractivity contribution is 5.57. The van der Waals surface area contributed by atoms with Crippen molar-refractivity contribution < 1.29 is 4.39 Å². The lowest BCUT2D eigenvalue weighted by Gasteiger charge is -1.98. The molecule has 19 heavy (non-hydrogen) atoms. The molecule has 0 saturated carbocycles. The van der Waals surface area contributed by atoms with Crippen LogP contribution in [0.25, 0.3) is 5.65 Å². The zero-order valence-electron chi connectivity index (χ0n) is 10.6. The first-order valence-corrected chi connectivity index (χ1v) is 5.97. The van der Waals surface area contributed by atoms with Crippen molar-refractivity contribution in [1.82, 2.24) is 24.4 Å². The largest absolute Gasteiger partial charge is 0.320 e. The summed E-state index contributed by atoms with van der Waals surface area (Å²) in [7, 11) is 1.86. The number of aryl methyl sites for hydroxylation is 2. The first-order chi connectivity index (χ1) is 9.15. The van der Waals surface area contributed by atoms with Crippen molar-refractivity contribution in [2.24, 2.45) is 7.05 Å². The minimum atomic E-state index is -0.348. The SMILES string of the molecule is CCc1nn(C)cc1Nc1nc2ccc(F)cn2n1. The van der Waals surface area contributed by atoms with E-state index in [0.29, 0.717) is 11.6 Å². The van der Waals surface area contributed by atoms with E-state index in [1.54, 1.807) is 10.7 Å². The smallest absolute Gasteiger partial charge is 0.247 e. The molecule has 6 nitrogen and oxygen atoms in total. The van der Waals surface area contributed by atoms with Crippen LogP contribution < -0.4 is 5.32 Å². The van der Waals surface area contributed by atoms with Gasteiger partial charge in [-0.05, 0) is 18.6 Å². The number of fused-ring (bicyclic) bond motifs is 1. The number of nitrogens with one attached hydrogen (secondary N) is 1. The second-order valence-electron chi connectivity index (χ2n) is 4.23. The summed E-state index contributed by atoms with van der Waals surface area (Å²) >= 11 is 0. The fourth-order valence-corrected chi connectivity index (χ4v) is 1.93. The summed E-state index contributed by atoms with van der Waals surface area (Å²) in [5.74, 6) is 0.0767. The summed E-state index contributed by atoms with van der Waals surface area (Å²) in [6.07, 6.45) is 3.97. The average molecular weight is 260 g/mol. The van der Waals surface area contributed by atoms with Gasteiger partial charge < -0.3 is 5.32 Å². The van der Waals surface area contributed by atoms with E-state index < -0.39 is 0 Å². The fourth-order valence-electron chi connectivity index (χ4n) is 1.93. The monoisotopic (exact) mass is 260 g/mol. The minimum Gasteiger partial charge on any atom is -0.320 e. The van der Waals surface area contributed by atoms with Crippen LogP contribution in [0, 0.1) is 5.82 Å². The molecule has 0 unspecified atom stereocenters. The number of pyridine rings is 1. The summed E-state index contributed by atoms with van der Waals surface area (Å²) in [5, 5.41) is 11.6. The summed E-state index contributed by atoms with van der Waals surface area (Å²) in [4.78, 5) is 4.27. The van der Waals surface area contributed by atoms with Gasteiger partial charge >= 0.3 is 0 Å². The molecule has 0 saturated heterocycles. The van der Waals surface area contributed by atoms with E-state index >= 15 is 0 Å². The van der Waals surface area contributed by atoms with Crippen LogP contribution in [0.3, 0.4) is 0 Å². The molecule has 7 heteroatoms. The second kappa shape index (κ2) is 4.34. The third-order valence-electron chi connectivity index (χ3n) is 2.78. The standard InChI is InChI=1S/C12H13FN6/c1-3-9-10(7-18(2)16-9)14-12-15-11-5-4-8(13)6-19(11)17-12/h4-7H,3H2,1-2H3,(H,14,17). The van der Waals surface area contributed by atoms with E-state index in [4.69, 9.17) is 0 Å². The maximum absolute atomic E-state index is 13.1. The molecule has 3 aromatic rings. The van der Waals surface area contributed by atoms with E-state index in [1.807, 2.05) is 20.2 Å². The lowest BCUT2D eigenvalue weighted by atomic mass is 10.3. The Morgan fingerprint density at radius 3 is 2.89 bits per heavy atom. The molecule has 0 radical (unpaired) electrons. The van der Waals surface area contributed by atoms with Gasteiger partial charge in [-0.25, -0.2) is 8.91 Å². The molecule has 0 aliphatic carbocycles. The Kier molecular flexibility index (Phi) is 2.66. The molecule has 0 atom stereocenters. The highest BCUT2D eigenvalue weighted by atomic mass is 19.1. The van der Waals surface area contributed by atoms with Crippen molar-refractivity contribution in [1.29, 1.82) is 0 Å². The molecule has 0 bridgehead atoms. The van der Waals surface area contributed by atoms with E-state index in [1.165, 1.54) is 16.8 Å². The van der Waals surface area contributed by atoms with E-state index in [2.05, 4.69) is 20.5 Å². The number of aromatic nitrogens is 5. The van der Waals surface area contributed by atoms with Gasteiger partial charge in [-0.15, -0.1) is 5.10 Å². The van der Waals surface area contributed by atoms with Crippen LogP contribution in [0.4, 0.5) is 16.0 Å². The van der Waals surface area contributed by atoms with Crippen molar-refractivity contribution in [2.75, 3.05) is 5.32 Å². The third-order valence-corrected chi connectivity index (χ3v) is 2.78. The van der Waals surface area contributed by atoms with E-state index in [-0.39, 0.29) is 5.82 Å². The summed E-state index contributed by atoms with van der Waals surface area (Å²) < 4.78 is 16.2. The molecular weight excluding hydrogens is 247 g/mol. The van der Waals surface area contributed by atoms with Crippen LogP contribution in [0.5, 0.6) is 0 Å². The van der Waals surface area contributed by atoms with Gasteiger partial charge in [0.25, 0.3) is 0 Å². The van der Waals surface area contributed by atoms with Gasteiger partial charge in [0.1, 0.15) is 5.82 Å². The highest BCUT2D eigenvalue weighted by Crippen LogP contribution is 2.18. The van der Waals surface area contributed by atoms with Gasteiger partial charge in [0.15, 0.2) is 5.65 Å². The molecule has 98 valence electrons. The predicted molar refractivity (Wildman–Crippen MR) is 68.8 cm³/mol. The van der Waals surface area contributed by atoms with Gasteiger partial charge in [0.2, 0.25) is 5.95 Å². The van der Waals surface area contributed by atoms with E-state index in [9.17, 15) is 4.39 Å². The second-order valence-corrected chi connectivity index (χ2v) is 4.23. The number of nitrogens with zero attached hydrogens (tertiary/aromatic N) is 5. The van der Waals surface area contributed by atoms with Crippen LogP contribution >= 0.6 is 0 Å². The fraction of sp³-hybridized carbons (Fsp3) is 0.250. The predicted octanol–water partition coefficient (Wildman–Crippen LogP) is 1.91. The third kappa shape index (κ3) is 2.14. The Morgan fingerprint density at radius 1 is 1.26 bits per heavy atom.